The van der Waals surface area contributed by atoms with Crippen LogP contribution in [0, 0.1) is 26.6 Å². The quantitative estimate of drug-likeness (QED) is 0.710. The summed E-state index contributed by atoms with van der Waals surface area (Å²) in [5, 5.41) is 2.87. The molecule has 1 atom stereocenters. The molecule has 7 heteroatoms. The van der Waals surface area contributed by atoms with Crippen molar-refractivity contribution in [1.29, 1.82) is 0 Å². The molecule has 2 aromatic carbocycles. The summed E-state index contributed by atoms with van der Waals surface area (Å²) in [4.78, 5) is 26.2. The maximum atomic E-state index is 13.2. The number of hydrogen-bond acceptors (Lipinski definition) is 3. The van der Waals surface area contributed by atoms with Crippen LogP contribution in [0.5, 0.6) is 5.75 Å². The van der Waals surface area contributed by atoms with Gasteiger partial charge in [-0.3, -0.25) is 9.59 Å². The molecule has 0 saturated heterocycles. The fourth-order valence-corrected chi connectivity index (χ4v) is 3.42. The fraction of sp³-hybridized carbons (Fsp3) is 0.333. The fourth-order valence-electron chi connectivity index (χ4n) is 2.97. The van der Waals surface area contributed by atoms with Crippen molar-refractivity contribution in [3.63, 3.8) is 0 Å². The zero-order chi connectivity index (χ0) is 21.0. The second kappa shape index (κ2) is 9.19. The SMILES string of the molecule is Cc1cc(C)c(NC(=O)CN(C)C(=O)C(C)Oc2ccc(F)cc2Br)c(C)c1. The molecule has 5 nitrogen and oxygen atoms in total. The first-order chi connectivity index (χ1) is 13.1. The van der Waals surface area contributed by atoms with Gasteiger partial charge in [-0.25, -0.2) is 4.39 Å². The molecule has 0 spiro atoms. The van der Waals surface area contributed by atoms with Crippen molar-refractivity contribution in [2.24, 2.45) is 0 Å². The van der Waals surface area contributed by atoms with E-state index in [1.54, 1.807) is 6.92 Å². The average Bonchev–Trinajstić information content (AvgIpc) is 2.59. The lowest BCUT2D eigenvalue weighted by molar-refractivity contribution is -0.139. The molecule has 0 heterocycles. The second-order valence-electron chi connectivity index (χ2n) is 6.85. The number of anilines is 1. The van der Waals surface area contributed by atoms with Gasteiger partial charge in [0.2, 0.25) is 5.91 Å². The third-order valence-electron chi connectivity index (χ3n) is 4.24. The molecule has 0 aromatic heterocycles. The number of carbonyl (C=O) groups excluding carboxylic acids is 2. The van der Waals surface area contributed by atoms with Crippen LogP contribution >= 0.6 is 15.9 Å². The van der Waals surface area contributed by atoms with Gasteiger partial charge >= 0.3 is 0 Å². The highest BCUT2D eigenvalue weighted by molar-refractivity contribution is 9.10. The van der Waals surface area contributed by atoms with Crippen molar-refractivity contribution in [1.82, 2.24) is 4.90 Å². The second-order valence-corrected chi connectivity index (χ2v) is 7.71. The van der Waals surface area contributed by atoms with Gasteiger partial charge in [-0.05, 0) is 73.0 Å². The Labute approximate surface area is 173 Å². The molecule has 0 radical (unpaired) electrons. The smallest absolute Gasteiger partial charge is 0.263 e. The summed E-state index contributed by atoms with van der Waals surface area (Å²) in [6.07, 6.45) is -0.831. The molecule has 0 aliphatic heterocycles. The number of hydrogen-bond donors (Lipinski definition) is 1. The Morgan fingerprint density at radius 2 is 1.79 bits per heavy atom. The first kappa shape index (κ1) is 21.9. The van der Waals surface area contributed by atoms with E-state index in [1.165, 1.54) is 30.1 Å². The van der Waals surface area contributed by atoms with Crippen LogP contribution in [0.4, 0.5) is 10.1 Å². The predicted molar refractivity (Wildman–Crippen MR) is 111 cm³/mol. The van der Waals surface area contributed by atoms with Gasteiger partial charge in [-0.2, -0.15) is 0 Å². The molecule has 0 aliphatic rings. The number of nitrogens with zero attached hydrogens (tertiary/aromatic N) is 1. The van der Waals surface area contributed by atoms with E-state index in [0.29, 0.717) is 10.2 Å². The third kappa shape index (κ3) is 5.55. The Kier molecular flexibility index (Phi) is 7.18. The van der Waals surface area contributed by atoms with Gasteiger partial charge in [-0.15, -0.1) is 0 Å². The summed E-state index contributed by atoms with van der Waals surface area (Å²) in [6, 6.07) is 7.94. The van der Waals surface area contributed by atoms with Crippen molar-refractivity contribution in [3.8, 4) is 5.75 Å². The van der Waals surface area contributed by atoms with Crippen molar-refractivity contribution in [3.05, 3.63) is 57.3 Å². The van der Waals surface area contributed by atoms with E-state index in [1.807, 2.05) is 32.9 Å². The number of benzene rings is 2. The van der Waals surface area contributed by atoms with Gasteiger partial charge in [-0.1, -0.05) is 17.7 Å². The summed E-state index contributed by atoms with van der Waals surface area (Å²) >= 11 is 3.20. The Bertz CT molecular complexity index is 878. The lowest BCUT2D eigenvalue weighted by Gasteiger charge is -2.22. The number of rotatable bonds is 6. The van der Waals surface area contributed by atoms with Crippen LogP contribution in [0.3, 0.4) is 0 Å². The number of ether oxygens (including phenoxy) is 1. The third-order valence-corrected chi connectivity index (χ3v) is 4.86. The largest absolute Gasteiger partial charge is 0.480 e. The van der Waals surface area contributed by atoms with Crippen molar-refractivity contribution in [2.75, 3.05) is 18.9 Å². The molecule has 2 rings (SSSR count). The maximum Gasteiger partial charge on any atom is 0.263 e. The Balaban J connectivity index is 1.98. The number of halogens is 2. The molecule has 0 saturated carbocycles. The van der Waals surface area contributed by atoms with Gasteiger partial charge in [0.15, 0.2) is 6.10 Å². The Morgan fingerprint density at radius 1 is 1.18 bits per heavy atom. The molecule has 1 N–H and O–H groups in total. The number of likely N-dealkylation sites (N-methyl/N-ethyl adjacent to an activating group) is 1. The number of amides is 2. The van der Waals surface area contributed by atoms with Crippen LogP contribution in [0.15, 0.2) is 34.8 Å². The average molecular weight is 451 g/mol. The van der Waals surface area contributed by atoms with E-state index < -0.39 is 11.9 Å². The standard InChI is InChI=1S/C21H24BrFN2O3/c1-12-8-13(2)20(14(3)9-12)24-19(26)11-25(5)21(27)15(4)28-18-7-6-16(23)10-17(18)22/h6-10,15H,11H2,1-5H3,(H,24,26). The van der Waals surface area contributed by atoms with E-state index in [-0.39, 0.29) is 18.4 Å². The molecule has 2 aromatic rings. The van der Waals surface area contributed by atoms with Gasteiger partial charge in [0.25, 0.3) is 5.91 Å². The van der Waals surface area contributed by atoms with Crippen molar-refractivity contribution < 1.29 is 18.7 Å². The first-order valence-corrected chi connectivity index (χ1v) is 9.62. The molecule has 2 amide bonds. The van der Waals surface area contributed by atoms with Gasteiger partial charge < -0.3 is 15.0 Å². The Hall–Kier alpha value is -2.41. The summed E-state index contributed by atoms with van der Waals surface area (Å²) in [5.74, 6) is -0.704. The highest BCUT2D eigenvalue weighted by Gasteiger charge is 2.22. The lowest BCUT2D eigenvalue weighted by atomic mass is 10.1. The maximum absolute atomic E-state index is 13.2. The Morgan fingerprint density at radius 3 is 2.36 bits per heavy atom. The highest BCUT2D eigenvalue weighted by atomic mass is 79.9. The predicted octanol–water partition coefficient (Wildman–Crippen LogP) is 4.38. The first-order valence-electron chi connectivity index (χ1n) is 8.83. The summed E-state index contributed by atoms with van der Waals surface area (Å²) in [5.41, 5.74) is 3.82. The zero-order valence-corrected chi connectivity index (χ0v) is 18.2. The van der Waals surface area contributed by atoms with E-state index in [4.69, 9.17) is 4.74 Å². The van der Waals surface area contributed by atoms with Gasteiger partial charge in [0.05, 0.1) is 11.0 Å². The molecule has 0 fully saturated rings. The normalized spacial score (nSPS) is 11.7. The number of nitrogens with one attached hydrogen (secondary N) is 1. The summed E-state index contributed by atoms with van der Waals surface area (Å²) < 4.78 is 19.2. The van der Waals surface area contributed by atoms with Crippen LogP contribution < -0.4 is 10.1 Å². The molecule has 0 aliphatic carbocycles. The van der Waals surface area contributed by atoms with E-state index >= 15 is 0 Å². The number of aryl methyl sites for hydroxylation is 3. The summed E-state index contributed by atoms with van der Waals surface area (Å²) in [7, 11) is 1.54. The minimum Gasteiger partial charge on any atom is -0.480 e. The molecule has 1 unspecified atom stereocenters. The van der Waals surface area contributed by atoms with Crippen LogP contribution in [0.1, 0.15) is 23.6 Å². The van der Waals surface area contributed by atoms with E-state index in [9.17, 15) is 14.0 Å². The molecule has 0 bridgehead atoms. The van der Waals surface area contributed by atoms with Gasteiger partial charge in [0.1, 0.15) is 11.6 Å². The van der Waals surface area contributed by atoms with E-state index in [0.717, 1.165) is 22.4 Å². The van der Waals surface area contributed by atoms with Crippen molar-refractivity contribution >= 4 is 33.4 Å². The summed E-state index contributed by atoms with van der Waals surface area (Å²) in [6.45, 7) is 7.34. The molecular formula is C21H24BrFN2O3. The van der Waals surface area contributed by atoms with Crippen LogP contribution in [0.2, 0.25) is 0 Å². The monoisotopic (exact) mass is 450 g/mol. The zero-order valence-electron chi connectivity index (χ0n) is 16.6. The van der Waals surface area contributed by atoms with Crippen LogP contribution in [-0.4, -0.2) is 36.4 Å². The van der Waals surface area contributed by atoms with Crippen LogP contribution in [-0.2, 0) is 9.59 Å². The molecular weight excluding hydrogens is 427 g/mol. The molecule has 28 heavy (non-hydrogen) atoms. The van der Waals surface area contributed by atoms with Crippen LogP contribution in [0.25, 0.3) is 0 Å². The molecule has 150 valence electrons. The van der Waals surface area contributed by atoms with E-state index in [2.05, 4.69) is 21.2 Å². The minimum atomic E-state index is -0.831. The van der Waals surface area contributed by atoms with Crippen molar-refractivity contribution in [2.45, 2.75) is 33.8 Å². The minimum absolute atomic E-state index is 0.107. The topological polar surface area (TPSA) is 58.6 Å². The lowest BCUT2D eigenvalue weighted by Crippen LogP contribution is -2.42. The highest BCUT2D eigenvalue weighted by Crippen LogP contribution is 2.26. The van der Waals surface area contributed by atoms with Gasteiger partial charge in [0, 0.05) is 12.7 Å². The number of carbonyl (C=O) groups is 2.